The molecule has 0 unspecified atom stereocenters. The van der Waals surface area contributed by atoms with Gasteiger partial charge in [0.25, 0.3) is 5.91 Å². The van der Waals surface area contributed by atoms with Crippen molar-refractivity contribution in [3.63, 3.8) is 0 Å². The van der Waals surface area contributed by atoms with E-state index >= 15 is 0 Å². The fraction of sp³-hybridized carbons (Fsp3) is 0.222. The molecule has 9 heteroatoms. The molecule has 0 radical (unpaired) electrons. The first-order valence-corrected chi connectivity index (χ1v) is 11.5. The standard InChI is InChI=1S/C27H24F2N2O5/c1-2-3-8-25(34)30-9-10-31-27(35)16-7-5-4-6-15(16)26-17-11-19(28)21(32)13-23(17)36-24-14-22(33)20(29)12-18(24)26/h4-7,11-14,32H,2-3,8-10H2,1H3,(H,30,34)(H,31,35). The minimum atomic E-state index is -1.03. The van der Waals surface area contributed by atoms with Crippen LogP contribution in [0.1, 0.15) is 36.5 Å². The number of phenols is 1. The number of phenolic OH excluding ortho intramolecular Hbond substituents is 1. The van der Waals surface area contributed by atoms with Crippen LogP contribution in [0.3, 0.4) is 0 Å². The lowest BCUT2D eigenvalue weighted by Crippen LogP contribution is -2.34. The van der Waals surface area contributed by atoms with Crippen molar-refractivity contribution < 1.29 is 27.9 Å². The van der Waals surface area contributed by atoms with Crippen LogP contribution in [-0.4, -0.2) is 30.0 Å². The highest BCUT2D eigenvalue weighted by molar-refractivity contribution is 6.09. The zero-order chi connectivity index (χ0) is 25.8. The lowest BCUT2D eigenvalue weighted by molar-refractivity contribution is -0.121. The predicted octanol–water partition coefficient (Wildman–Crippen LogP) is 4.58. The summed E-state index contributed by atoms with van der Waals surface area (Å²) in [4.78, 5) is 36.8. The van der Waals surface area contributed by atoms with Gasteiger partial charge in [-0.2, -0.15) is 0 Å². The van der Waals surface area contributed by atoms with Crippen molar-refractivity contribution in [2.24, 2.45) is 0 Å². The first-order valence-electron chi connectivity index (χ1n) is 11.5. The summed E-state index contributed by atoms with van der Waals surface area (Å²) in [6.45, 7) is 2.41. The molecule has 3 N–H and O–H groups in total. The number of hydrogen-bond acceptors (Lipinski definition) is 5. The van der Waals surface area contributed by atoms with Crippen molar-refractivity contribution in [1.82, 2.24) is 10.6 Å². The molecule has 0 saturated carbocycles. The van der Waals surface area contributed by atoms with E-state index in [0.29, 0.717) is 12.0 Å². The molecule has 186 valence electrons. The lowest BCUT2D eigenvalue weighted by atomic mass is 9.90. The third-order valence-electron chi connectivity index (χ3n) is 5.77. The summed E-state index contributed by atoms with van der Waals surface area (Å²) in [5.74, 6) is -3.16. The van der Waals surface area contributed by atoms with Gasteiger partial charge in [-0.3, -0.25) is 14.4 Å². The molecule has 7 nitrogen and oxygen atoms in total. The van der Waals surface area contributed by atoms with E-state index in [2.05, 4.69) is 10.6 Å². The number of fused-ring (bicyclic) bond motifs is 2. The van der Waals surface area contributed by atoms with Crippen LogP contribution >= 0.6 is 0 Å². The summed E-state index contributed by atoms with van der Waals surface area (Å²) in [5, 5.41) is 15.5. The van der Waals surface area contributed by atoms with E-state index in [0.717, 1.165) is 37.1 Å². The van der Waals surface area contributed by atoms with Crippen LogP contribution in [0.5, 0.6) is 5.75 Å². The van der Waals surface area contributed by atoms with Gasteiger partial charge in [0.15, 0.2) is 17.4 Å². The third-order valence-corrected chi connectivity index (χ3v) is 5.77. The van der Waals surface area contributed by atoms with E-state index in [1.165, 1.54) is 0 Å². The van der Waals surface area contributed by atoms with E-state index < -0.39 is 28.7 Å². The minimum Gasteiger partial charge on any atom is -0.505 e. The van der Waals surface area contributed by atoms with Crippen molar-refractivity contribution in [3.05, 3.63) is 76.0 Å². The third kappa shape index (κ3) is 5.05. The van der Waals surface area contributed by atoms with Gasteiger partial charge >= 0.3 is 0 Å². The number of aromatic hydroxyl groups is 1. The van der Waals surface area contributed by atoms with Gasteiger partial charge in [-0.05, 0) is 30.2 Å². The number of unbranched alkanes of at least 4 members (excludes halogenated alkanes) is 1. The number of nitrogens with one attached hydrogen (secondary N) is 2. The Hall–Kier alpha value is -4.27. The minimum absolute atomic E-state index is 0.0138. The number of benzene rings is 3. The highest BCUT2D eigenvalue weighted by atomic mass is 19.1. The first kappa shape index (κ1) is 24.8. The molecule has 36 heavy (non-hydrogen) atoms. The zero-order valence-corrected chi connectivity index (χ0v) is 19.5. The Morgan fingerprint density at radius 2 is 1.72 bits per heavy atom. The molecule has 1 aliphatic heterocycles. The summed E-state index contributed by atoms with van der Waals surface area (Å²) >= 11 is 0. The van der Waals surface area contributed by atoms with Crippen LogP contribution in [0, 0.1) is 11.6 Å². The molecule has 4 rings (SSSR count). The molecule has 0 fully saturated rings. The topological polar surface area (TPSA) is 109 Å². The Kier molecular flexibility index (Phi) is 7.28. The molecule has 0 spiro atoms. The van der Waals surface area contributed by atoms with Crippen molar-refractivity contribution >= 4 is 22.8 Å². The maximum Gasteiger partial charge on any atom is 0.251 e. The van der Waals surface area contributed by atoms with Gasteiger partial charge < -0.3 is 20.2 Å². The molecular weight excluding hydrogens is 470 g/mol. The van der Waals surface area contributed by atoms with Crippen LogP contribution < -0.4 is 16.1 Å². The van der Waals surface area contributed by atoms with E-state index in [4.69, 9.17) is 4.42 Å². The number of carbonyl (C=O) groups is 2. The maximum absolute atomic E-state index is 14.4. The predicted molar refractivity (Wildman–Crippen MR) is 131 cm³/mol. The smallest absolute Gasteiger partial charge is 0.251 e. The van der Waals surface area contributed by atoms with Gasteiger partial charge in [0.2, 0.25) is 11.3 Å². The second-order valence-electron chi connectivity index (χ2n) is 8.31. The summed E-state index contributed by atoms with van der Waals surface area (Å²) in [7, 11) is 0. The number of halogens is 2. The van der Waals surface area contributed by atoms with Gasteiger partial charge in [-0.1, -0.05) is 31.5 Å². The van der Waals surface area contributed by atoms with Crippen molar-refractivity contribution in [2.45, 2.75) is 26.2 Å². The number of rotatable bonds is 8. The van der Waals surface area contributed by atoms with Crippen LogP contribution in [-0.2, 0) is 4.79 Å². The molecule has 1 aliphatic carbocycles. The van der Waals surface area contributed by atoms with Gasteiger partial charge in [0.05, 0.1) is 0 Å². The Morgan fingerprint density at radius 1 is 0.972 bits per heavy atom. The number of hydrogen-bond donors (Lipinski definition) is 3. The van der Waals surface area contributed by atoms with E-state index in [9.17, 15) is 28.3 Å². The molecule has 0 bridgehead atoms. The van der Waals surface area contributed by atoms with Crippen LogP contribution in [0.15, 0.2) is 57.7 Å². The highest BCUT2D eigenvalue weighted by Crippen LogP contribution is 2.42. The molecular formula is C27H24F2N2O5. The summed E-state index contributed by atoms with van der Waals surface area (Å²) < 4.78 is 34.4. The normalized spacial score (nSPS) is 11.1. The van der Waals surface area contributed by atoms with E-state index in [1.54, 1.807) is 24.3 Å². The first-order chi connectivity index (χ1) is 17.3. The van der Waals surface area contributed by atoms with Gasteiger partial charge in [-0.25, -0.2) is 8.78 Å². The molecule has 2 aromatic rings. The van der Waals surface area contributed by atoms with Crippen LogP contribution in [0.2, 0.25) is 0 Å². The number of carbonyl (C=O) groups excluding carboxylic acids is 2. The molecule has 2 aliphatic rings. The van der Waals surface area contributed by atoms with Crippen LogP contribution in [0.4, 0.5) is 8.78 Å². The summed E-state index contributed by atoms with van der Waals surface area (Å²) in [6.07, 6.45) is 2.10. The van der Waals surface area contributed by atoms with Crippen molar-refractivity contribution in [2.75, 3.05) is 13.1 Å². The molecule has 1 heterocycles. The van der Waals surface area contributed by atoms with Gasteiger partial charge in [0, 0.05) is 53.7 Å². The Labute approximate surface area is 205 Å². The van der Waals surface area contributed by atoms with E-state index in [-0.39, 0.29) is 52.4 Å². The maximum atomic E-state index is 14.4. The average molecular weight is 494 g/mol. The molecule has 0 atom stereocenters. The quantitative estimate of drug-likeness (QED) is 0.245. The second-order valence-corrected chi connectivity index (χ2v) is 8.31. The fourth-order valence-corrected chi connectivity index (χ4v) is 3.99. The average Bonchev–Trinajstić information content (AvgIpc) is 2.86. The Balaban J connectivity index is 1.75. The van der Waals surface area contributed by atoms with E-state index in [1.807, 2.05) is 6.92 Å². The van der Waals surface area contributed by atoms with Crippen molar-refractivity contribution in [3.8, 4) is 28.2 Å². The Morgan fingerprint density at radius 3 is 2.50 bits per heavy atom. The monoisotopic (exact) mass is 494 g/mol. The number of amides is 2. The lowest BCUT2D eigenvalue weighted by Gasteiger charge is -2.18. The largest absolute Gasteiger partial charge is 0.505 e. The zero-order valence-electron chi connectivity index (χ0n) is 19.5. The molecule has 2 aromatic carbocycles. The summed E-state index contributed by atoms with van der Waals surface area (Å²) in [6, 6.07) is 10.5. The molecule has 0 aromatic heterocycles. The Bertz CT molecular complexity index is 1480. The van der Waals surface area contributed by atoms with Gasteiger partial charge in [-0.15, -0.1) is 0 Å². The highest BCUT2D eigenvalue weighted by Gasteiger charge is 2.24. The van der Waals surface area contributed by atoms with Gasteiger partial charge in [0.1, 0.15) is 11.3 Å². The fourth-order valence-electron chi connectivity index (χ4n) is 3.99. The van der Waals surface area contributed by atoms with Crippen LogP contribution in [0.25, 0.3) is 33.4 Å². The SMILES string of the molecule is CCCCC(=O)NCCNC(=O)c1ccccc1-c1c2cc(F)c(=O)cc-2oc2cc(O)c(F)cc12. The van der Waals surface area contributed by atoms with Crippen molar-refractivity contribution in [1.29, 1.82) is 0 Å². The second kappa shape index (κ2) is 10.6. The summed E-state index contributed by atoms with van der Waals surface area (Å²) in [5.41, 5.74) is 0.137. The molecule has 2 amide bonds. The molecule has 0 saturated heterocycles.